The number of nitrogens with one attached hydrogen (secondary N) is 1. The number of hydrogen-bond acceptors (Lipinski definition) is 3. The Morgan fingerprint density at radius 2 is 2.00 bits per heavy atom. The van der Waals surface area contributed by atoms with Crippen molar-refractivity contribution < 1.29 is 9.53 Å². The van der Waals surface area contributed by atoms with Crippen LogP contribution in [0.15, 0.2) is 30.3 Å². The van der Waals surface area contributed by atoms with Gasteiger partial charge in [-0.05, 0) is 39.2 Å². The molecule has 0 heterocycles. The van der Waals surface area contributed by atoms with E-state index in [0.29, 0.717) is 6.54 Å². The Kier molecular flexibility index (Phi) is 6.10. The number of carbonyl (C=O) groups excluding carboxylic acids is 1. The molecule has 0 saturated heterocycles. The number of carbonyl (C=O) groups is 1. The first-order chi connectivity index (χ1) is 8.18. The second-order valence-electron chi connectivity index (χ2n) is 4.11. The zero-order chi connectivity index (χ0) is 12.5. The van der Waals surface area contributed by atoms with Gasteiger partial charge in [-0.3, -0.25) is 4.79 Å². The van der Waals surface area contributed by atoms with Crippen LogP contribution in [-0.2, 0) is 4.79 Å². The molecule has 0 aromatic heterocycles. The van der Waals surface area contributed by atoms with Gasteiger partial charge in [0.05, 0.1) is 0 Å². The van der Waals surface area contributed by atoms with Crippen LogP contribution in [0.1, 0.15) is 6.42 Å². The average Bonchev–Trinajstić information content (AvgIpc) is 2.33. The van der Waals surface area contributed by atoms with Crippen LogP contribution in [0, 0.1) is 0 Å². The van der Waals surface area contributed by atoms with Crippen molar-refractivity contribution in [2.45, 2.75) is 6.42 Å². The molecule has 4 heteroatoms. The molecule has 0 bridgehead atoms. The van der Waals surface area contributed by atoms with Gasteiger partial charge in [-0.25, -0.2) is 0 Å². The summed E-state index contributed by atoms with van der Waals surface area (Å²) in [5.74, 6) is 0.642. The molecule has 17 heavy (non-hydrogen) atoms. The summed E-state index contributed by atoms with van der Waals surface area (Å²) < 4.78 is 5.32. The van der Waals surface area contributed by atoms with E-state index in [1.165, 1.54) is 0 Å². The fourth-order valence-electron chi connectivity index (χ4n) is 1.34. The molecule has 1 aromatic rings. The molecule has 0 fully saturated rings. The average molecular weight is 236 g/mol. The highest BCUT2D eigenvalue weighted by Crippen LogP contribution is 2.07. The fourth-order valence-corrected chi connectivity index (χ4v) is 1.34. The van der Waals surface area contributed by atoms with Gasteiger partial charge in [0.25, 0.3) is 5.91 Å². The van der Waals surface area contributed by atoms with Gasteiger partial charge in [0.2, 0.25) is 0 Å². The Balaban J connectivity index is 2.09. The van der Waals surface area contributed by atoms with Crippen LogP contribution in [0.2, 0.25) is 0 Å². The lowest BCUT2D eigenvalue weighted by Crippen LogP contribution is -2.31. The van der Waals surface area contributed by atoms with Gasteiger partial charge in [0.1, 0.15) is 5.75 Å². The van der Waals surface area contributed by atoms with E-state index in [0.717, 1.165) is 18.7 Å². The first kappa shape index (κ1) is 13.5. The van der Waals surface area contributed by atoms with Crippen molar-refractivity contribution >= 4 is 5.91 Å². The minimum absolute atomic E-state index is 0.0754. The summed E-state index contributed by atoms with van der Waals surface area (Å²) in [4.78, 5) is 13.5. The monoisotopic (exact) mass is 236 g/mol. The van der Waals surface area contributed by atoms with E-state index in [1.807, 2.05) is 44.4 Å². The summed E-state index contributed by atoms with van der Waals surface area (Å²) in [6.07, 6.45) is 0.948. The van der Waals surface area contributed by atoms with E-state index in [4.69, 9.17) is 4.74 Å². The van der Waals surface area contributed by atoms with Crippen LogP contribution in [-0.4, -0.2) is 44.6 Å². The second-order valence-corrected chi connectivity index (χ2v) is 4.11. The van der Waals surface area contributed by atoms with Crippen LogP contribution in [0.5, 0.6) is 5.75 Å². The minimum atomic E-state index is -0.0763. The fraction of sp³-hybridized carbons (Fsp3) is 0.462. The molecule has 1 amide bonds. The van der Waals surface area contributed by atoms with Crippen molar-refractivity contribution in [3.63, 3.8) is 0 Å². The molecule has 0 aliphatic rings. The maximum Gasteiger partial charge on any atom is 0.257 e. The molecule has 0 spiro atoms. The van der Waals surface area contributed by atoms with Crippen molar-refractivity contribution in [3.8, 4) is 5.75 Å². The lowest BCUT2D eigenvalue weighted by molar-refractivity contribution is -0.123. The normalized spacial score (nSPS) is 10.3. The smallest absolute Gasteiger partial charge is 0.257 e. The van der Waals surface area contributed by atoms with Crippen LogP contribution in [0.25, 0.3) is 0 Å². The van der Waals surface area contributed by atoms with Gasteiger partial charge in [-0.1, -0.05) is 18.2 Å². The van der Waals surface area contributed by atoms with Crippen LogP contribution < -0.4 is 10.1 Å². The van der Waals surface area contributed by atoms with Crippen molar-refractivity contribution in [3.05, 3.63) is 30.3 Å². The topological polar surface area (TPSA) is 41.6 Å². The highest BCUT2D eigenvalue weighted by Gasteiger charge is 2.01. The number of amides is 1. The molecule has 0 unspecified atom stereocenters. The number of hydrogen-bond donors (Lipinski definition) is 1. The number of ether oxygens (including phenoxy) is 1. The molecule has 0 atom stereocenters. The Morgan fingerprint density at radius 3 is 2.65 bits per heavy atom. The van der Waals surface area contributed by atoms with Crippen molar-refractivity contribution in [1.29, 1.82) is 0 Å². The molecule has 1 aromatic carbocycles. The Labute approximate surface area is 103 Å². The number of nitrogens with zero attached hydrogens (tertiary/aromatic N) is 1. The third-order valence-electron chi connectivity index (χ3n) is 2.22. The van der Waals surface area contributed by atoms with E-state index in [2.05, 4.69) is 10.2 Å². The molecular formula is C13H20N2O2. The molecule has 1 rings (SSSR count). The van der Waals surface area contributed by atoms with Crippen LogP contribution in [0.4, 0.5) is 0 Å². The van der Waals surface area contributed by atoms with Crippen molar-refractivity contribution in [2.24, 2.45) is 0 Å². The van der Waals surface area contributed by atoms with Gasteiger partial charge in [-0.2, -0.15) is 0 Å². The zero-order valence-electron chi connectivity index (χ0n) is 10.5. The van der Waals surface area contributed by atoms with E-state index < -0.39 is 0 Å². The van der Waals surface area contributed by atoms with Crippen LogP contribution in [0.3, 0.4) is 0 Å². The largest absolute Gasteiger partial charge is 0.484 e. The summed E-state index contributed by atoms with van der Waals surface area (Å²) in [7, 11) is 4.03. The van der Waals surface area contributed by atoms with E-state index in [9.17, 15) is 4.79 Å². The van der Waals surface area contributed by atoms with Gasteiger partial charge in [-0.15, -0.1) is 0 Å². The molecule has 0 aliphatic carbocycles. The Morgan fingerprint density at radius 1 is 1.29 bits per heavy atom. The predicted octanol–water partition coefficient (Wildman–Crippen LogP) is 1.13. The number of para-hydroxylation sites is 1. The lowest BCUT2D eigenvalue weighted by Gasteiger charge is -2.10. The van der Waals surface area contributed by atoms with E-state index in [1.54, 1.807) is 0 Å². The summed E-state index contributed by atoms with van der Waals surface area (Å²) in [6, 6.07) is 9.33. The third-order valence-corrected chi connectivity index (χ3v) is 2.22. The summed E-state index contributed by atoms with van der Waals surface area (Å²) in [5, 5.41) is 2.82. The molecule has 4 nitrogen and oxygen atoms in total. The van der Waals surface area contributed by atoms with Gasteiger partial charge >= 0.3 is 0 Å². The maximum absolute atomic E-state index is 11.4. The SMILES string of the molecule is CN(C)CCCNC(=O)COc1ccccc1. The number of benzene rings is 1. The minimum Gasteiger partial charge on any atom is -0.484 e. The maximum atomic E-state index is 11.4. The zero-order valence-corrected chi connectivity index (χ0v) is 10.5. The lowest BCUT2D eigenvalue weighted by atomic mass is 10.3. The highest BCUT2D eigenvalue weighted by atomic mass is 16.5. The van der Waals surface area contributed by atoms with Gasteiger partial charge < -0.3 is 15.0 Å². The molecule has 0 radical (unpaired) electrons. The molecular weight excluding hydrogens is 216 g/mol. The standard InChI is InChI=1S/C13H20N2O2/c1-15(2)10-6-9-14-13(16)11-17-12-7-4-3-5-8-12/h3-5,7-8H,6,9-11H2,1-2H3,(H,14,16). The predicted molar refractivity (Wildman–Crippen MR) is 68.1 cm³/mol. The summed E-state index contributed by atoms with van der Waals surface area (Å²) in [5.41, 5.74) is 0. The third kappa shape index (κ3) is 6.58. The summed E-state index contributed by atoms with van der Waals surface area (Å²) in [6.45, 7) is 1.74. The Bertz CT molecular complexity index is 325. The highest BCUT2D eigenvalue weighted by molar-refractivity contribution is 5.77. The number of rotatable bonds is 7. The first-order valence-electron chi connectivity index (χ1n) is 5.78. The van der Waals surface area contributed by atoms with E-state index in [-0.39, 0.29) is 12.5 Å². The van der Waals surface area contributed by atoms with Gasteiger partial charge in [0, 0.05) is 6.54 Å². The summed E-state index contributed by atoms with van der Waals surface area (Å²) >= 11 is 0. The van der Waals surface area contributed by atoms with Crippen molar-refractivity contribution in [1.82, 2.24) is 10.2 Å². The molecule has 0 saturated carbocycles. The molecule has 94 valence electrons. The van der Waals surface area contributed by atoms with Crippen molar-refractivity contribution in [2.75, 3.05) is 33.8 Å². The van der Waals surface area contributed by atoms with Gasteiger partial charge in [0.15, 0.2) is 6.61 Å². The second kappa shape index (κ2) is 7.68. The van der Waals surface area contributed by atoms with E-state index >= 15 is 0 Å². The van der Waals surface area contributed by atoms with Crippen LogP contribution >= 0.6 is 0 Å². The molecule has 0 aliphatic heterocycles. The quantitative estimate of drug-likeness (QED) is 0.722. The Hall–Kier alpha value is -1.55. The first-order valence-corrected chi connectivity index (χ1v) is 5.78. The molecule has 1 N–H and O–H groups in total.